The fraction of sp³-hybridized carbons (Fsp3) is 0.565. The van der Waals surface area contributed by atoms with Crippen molar-refractivity contribution in [3.63, 3.8) is 0 Å². The van der Waals surface area contributed by atoms with Gasteiger partial charge in [-0.1, -0.05) is 13.8 Å². The number of hydrogen-bond donors (Lipinski definition) is 3. The molecule has 3 N–H and O–H groups in total. The molecule has 4 rings (SSSR count). The molecule has 2 atom stereocenters. The number of piperazine rings is 1. The van der Waals surface area contributed by atoms with Crippen molar-refractivity contribution in [2.24, 2.45) is 5.92 Å². The Kier molecular flexibility index (Phi) is 6.13. The second-order valence-electron chi connectivity index (χ2n) is 9.48. The van der Waals surface area contributed by atoms with Crippen LogP contribution in [0.1, 0.15) is 58.3 Å². The van der Waals surface area contributed by atoms with E-state index >= 15 is 0 Å². The number of carbonyl (C=O) groups is 2. The zero-order valence-corrected chi connectivity index (χ0v) is 18.7. The maximum atomic E-state index is 12.6. The van der Waals surface area contributed by atoms with E-state index in [4.69, 9.17) is 9.84 Å². The molecule has 7 heteroatoms. The molecule has 0 saturated carbocycles. The molecular formula is C23H33N3O4. The van der Waals surface area contributed by atoms with Gasteiger partial charge in [0.05, 0.1) is 25.3 Å². The van der Waals surface area contributed by atoms with Crippen LogP contribution in [0.3, 0.4) is 0 Å². The largest absolute Gasteiger partial charge is 0.497 e. The van der Waals surface area contributed by atoms with Gasteiger partial charge in [-0.05, 0) is 50.8 Å². The predicted octanol–water partition coefficient (Wildman–Crippen LogP) is 2.92. The number of fused-ring (bicyclic) bond motifs is 4. The number of amides is 2. The van der Waals surface area contributed by atoms with Crippen molar-refractivity contribution in [2.75, 3.05) is 13.7 Å². The number of aliphatic hydroxyl groups is 1. The number of ether oxygens (including phenoxy) is 1. The number of nitrogens with one attached hydrogen (secondary N) is 2. The van der Waals surface area contributed by atoms with Crippen LogP contribution in [0.15, 0.2) is 18.2 Å². The Morgan fingerprint density at radius 2 is 1.93 bits per heavy atom. The summed E-state index contributed by atoms with van der Waals surface area (Å²) in [6.45, 7) is 9.60. The average Bonchev–Trinajstić information content (AvgIpc) is 3.00. The number of H-pyrrole nitrogens is 1. The molecule has 1 aromatic carbocycles. The van der Waals surface area contributed by atoms with Crippen molar-refractivity contribution in [1.29, 1.82) is 0 Å². The maximum absolute atomic E-state index is 12.6. The normalized spacial score (nSPS) is 21.0. The van der Waals surface area contributed by atoms with E-state index in [9.17, 15) is 9.59 Å². The van der Waals surface area contributed by atoms with E-state index in [-0.39, 0.29) is 24.4 Å². The first-order chi connectivity index (χ1) is 14.0. The Morgan fingerprint density at radius 3 is 2.53 bits per heavy atom. The van der Waals surface area contributed by atoms with Crippen LogP contribution in [0.5, 0.6) is 5.75 Å². The molecule has 3 heterocycles. The molecule has 0 bridgehead atoms. The first kappa shape index (κ1) is 22.2. The summed E-state index contributed by atoms with van der Waals surface area (Å²) in [6.07, 6.45) is 1.38. The van der Waals surface area contributed by atoms with E-state index in [1.165, 1.54) is 0 Å². The van der Waals surface area contributed by atoms with Crippen molar-refractivity contribution < 1.29 is 19.4 Å². The SMILES string of the molecule is CC(C)(C)O.COc1ccc2c3c([nH]c2c1)C(CC(C)C)N1C(=O)CNC(=O)[C@@H]1C3. The maximum Gasteiger partial charge on any atom is 0.243 e. The van der Waals surface area contributed by atoms with Crippen molar-refractivity contribution in [3.05, 3.63) is 29.5 Å². The Morgan fingerprint density at radius 1 is 1.27 bits per heavy atom. The molecule has 2 amide bonds. The van der Waals surface area contributed by atoms with Crippen LogP contribution in [0, 0.1) is 5.92 Å². The topological polar surface area (TPSA) is 94.7 Å². The average molecular weight is 416 g/mol. The van der Waals surface area contributed by atoms with Crippen LogP contribution >= 0.6 is 0 Å². The molecule has 1 unspecified atom stereocenters. The molecule has 2 aliphatic rings. The van der Waals surface area contributed by atoms with E-state index in [1.54, 1.807) is 32.8 Å². The van der Waals surface area contributed by atoms with Crippen LogP contribution in [-0.4, -0.2) is 52.1 Å². The smallest absolute Gasteiger partial charge is 0.243 e. The number of hydrogen-bond acceptors (Lipinski definition) is 4. The van der Waals surface area contributed by atoms with Crippen molar-refractivity contribution >= 4 is 22.7 Å². The van der Waals surface area contributed by atoms with Crippen molar-refractivity contribution in [2.45, 2.75) is 65.1 Å². The molecule has 2 aliphatic heterocycles. The highest BCUT2D eigenvalue weighted by Gasteiger charge is 2.45. The highest BCUT2D eigenvalue weighted by Crippen LogP contribution is 2.41. The van der Waals surface area contributed by atoms with Crippen molar-refractivity contribution in [1.82, 2.24) is 15.2 Å². The lowest BCUT2D eigenvalue weighted by atomic mass is 9.86. The lowest BCUT2D eigenvalue weighted by Gasteiger charge is -2.44. The molecule has 1 aromatic heterocycles. The molecule has 164 valence electrons. The molecule has 0 aliphatic carbocycles. The number of nitrogens with zero attached hydrogens (tertiary/aromatic N) is 1. The highest BCUT2D eigenvalue weighted by atomic mass is 16.5. The second kappa shape index (κ2) is 8.30. The van der Waals surface area contributed by atoms with Gasteiger partial charge < -0.3 is 25.0 Å². The van der Waals surface area contributed by atoms with Gasteiger partial charge in [-0.15, -0.1) is 0 Å². The number of aromatic nitrogens is 1. The summed E-state index contributed by atoms with van der Waals surface area (Å²) in [7, 11) is 1.65. The fourth-order valence-electron chi connectivity index (χ4n) is 4.15. The second-order valence-corrected chi connectivity index (χ2v) is 9.48. The third-order valence-corrected chi connectivity index (χ3v) is 5.25. The molecule has 2 aromatic rings. The quantitative estimate of drug-likeness (QED) is 0.718. The van der Waals surface area contributed by atoms with Gasteiger partial charge in [0.1, 0.15) is 11.8 Å². The standard InChI is InChI=1S/C19H23N3O3.C4H10O/c1-10(2)6-15-18-13(8-16-19(24)20-9-17(23)22(15)16)12-5-4-11(25-3)7-14(12)21-18;1-4(2,3)5/h4-5,7,10,15-16,21H,6,8-9H2,1-3H3,(H,20,24);5H,1-3H3/t15?,16-;/m0./s1. The van der Waals surface area contributed by atoms with Crippen LogP contribution in [0.4, 0.5) is 0 Å². The fourth-order valence-corrected chi connectivity index (χ4v) is 4.15. The van der Waals surface area contributed by atoms with Gasteiger partial charge in [0.15, 0.2) is 0 Å². The number of rotatable bonds is 3. The van der Waals surface area contributed by atoms with E-state index < -0.39 is 11.6 Å². The summed E-state index contributed by atoms with van der Waals surface area (Å²) in [5.74, 6) is 1.15. The Labute approximate surface area is 177 Å². The van der Waals surface area contributed by atoms with Gasteiger partial charge in [-0.3, -0.25) is 9.59 Å². The van der Waals surface area contributed by atoms with Gasteiger partial charge in [-0.25, -0.2) is 0 Å². The van der Waals surface area contributed by atoms with E-state index in [1.807, 2.05) is 18.2 Å². The summed E-state index contributed by atoms with van der Waals surface area (Å²) < 4.78 is 5.33. The first-order valence-electron chi connectivity index (χ1n) is 10.5. The molecule has 1 fully saturated rings. The third-order valence-electron chi connectivity index (χ3n) is 5.25. The van der Waals surface area contributed by atoms with Gasteiger partial charge >= 0.3 is 0 Å². The first-order valence-corrected chi connectivity index (χ1v) is 10.5. The van der Waals surface area contributed by atoms with Crippen LogP contribution < -0.4 is 10.1 Å². The summed E-state index contributed by atoms with van der Waals surface area (Å²) >= 11 is 0. The minimum Gasteiger partial charge on any atom is -0.497 e. The van der Waals surface area contributed by atoms with E-state index in [0.29, 0.717) is 12.3 Å². The lowest BCUT2D eigenvalue weighted by molar-refractivity contribution is -0.149. The summed E-state index contributed by atoms with van der Waals surface area (Å²) in [4.78, 5) is 30.3. The number of aromatic amines is 1. The minimum atomic E-state index is -0.500. The molecule has 30 heavy (non-hydrogen) atoms. The van der Waals surface area contributed by atoms with E-state index in [0.717, 1.165) is 34.3 Å². The Bertz CT molecular complexity index is 936. The zero-order valence-electron chi connectivity index (χ0n) is 18.7. The van der Waals surface area contributed by atoms with Crippen LogP contribution in [-0.2, 0) is 16.0 Å². The van der Waals surface area contributed by atoms with Gasteiger partial charge in [0, 0.05) is 29.1 Å². The van der Waals surface area contributed by atoms with Crippen LogP contribution in [0.25, 0.3) is 10.9 Å². The Hall–Kier alpha value is -2.54. The number of methoxy groups -OCH3 is 1. The number of benzene rings is 1. The predicted molar refractivity (Wildman–Crippen MR) is 116 cm³/mol. The molecule has 0 spiro atoms. The number of carbonyl (C=O) groups excluding carboxylic acids is 2. The summed E-state index contributed by atoms with van der Waals surface area (Å²) in [5, 5.41) is 12.4. The Balaban J connectivity index is 0.000000461. The minimum absolute atomic E-state index is 0.00265. The van der Waals surface area contributed by atoms with Crippen molar-refractivity contribution in [3.8, 4) is 5.75 Å². The van der Waals surface area contributed by atoms with Crippen LogP contribution in [0.2, 0.25) is 0 Å². The highest BCUT2D eigenvalue weighted by molar-refractivity contribution is 5.97. The molecule has 1 saturated heterocycles. The van der Waals surface area contributed by atoms with Gasteiger partial charge in [-0.2, -0.15) is 0 Å². The summed E-state index contributed by atoms with van der Waals surface area (Å²) in [6, 6.07) is 5.44. The molecule has 7 nitrogen and oxygen atoms in total. The van der Waals surface area contributed by atoms with Gasteiger partial charge in [0.2, 0.25) is 11.8 Å². The molecular weight excluding hydrogens is 382 g/mol. The zero-order chi connectivity index (χ0) is 22.2. The lowest BCUT2D eigenvalue weighted by Crippen LogP contribution is -2.61. The molecule has 0 radical (unpaired) electrons. The third kappa shape index (κ3) is 4.61. The van der Waals surface area contributed by atoms with E-state index in [2.05, 4.69) is 24.1 Å². The summed E-state index contributed by atoms with van der Waals surface area (Å²) in [5.41, 5.74) is 2.71. The van der Waals surface area contributed by atoms with Gasteiger partial charge in [0.25, 0.3) is 0 Å². The monoisotopic (exact) mass is 415 g/mol.